The Labute approximate surface area is 226 Å². The maximum absolute atomic E-state index is 13.3. The molecule has 0 fully saturated rings. The van der Waals surface area contributed by atoms with E-state index >= 15 is 0 Å². The molecule has 3 amide bonds. The largest absolute Gasteiger partial charge is 0.444 e. The standard InChI is InChI=1S/C27H30N6O5S/c1-17-7-11-20(12-8-17)39(36,37)33-14-13-21-23(28-16-29-24(21)33)32(6)25(34)31-22-15-19(10-9-18(22)2)30-26(35)38-27(3,4)5/h7-16H,1-6H3,(H,30,35)(H,31,34). The van der Waals surface area contributed by atoms with E-state index in [-0.39, 0.29) is 16.4 Å². The van der Waals surface area contributed by atoms with Gasteiger partial charge in [0.1, 0.15) is 17.7 Å². The Morgan fingerprint density at radius 1 is 0.974 bits per heavy atom. The Morgan fingerprint density at radius 3 is 2.33 bits per heavy atom. The van der Waals surface area contributed by atoms with Crippen molar-refractivity contribution in [3.8, 4) is 0 Å². The number of rotatable bonds is 5. The van der Waals surface area contributed by atoms with E-state index < -0.39 is 27.7 Å². The van der Waals surface area contributed by atoms with E-state index in [1.807, 2.05) is 13.8 Å². The van der Waals surface area contributed by atoms with Crippen LogP contribution in [-0.2, 0) is 14.8 Å². The van der Waals surface area contributed by atoms with Crippen LogP contribution in [0.4, 0.5) is 26.8 Å². The fourth-order valence-electron chi connectivity index (χ4n) is 3.75. The molecule has 2 heterocycles. The predicted molar refractivity (Wildman–Crippen MR) is 150 cm³/mol. The number of carbonyl (C=O) groups is 2. The summed E-state index contributed by atoms with van der Waals surface area (Å²) >= 11 is 0. The van der Waals surface area contributed by atoms with Crippen molar-refractivity contribution in [1.29, 1.82) is 0 Å². The second-order valence-corrected chi connectivity index (χ2v) is 11.8. The molecule has 0 spiro atoms. The Hall–Kier alpha value is -4.45. The number of fused-ring (bicyclic) bond motifs is 1. The fourth-order valence-corrected chi connectivity index (χ4v) is 5.05. The normalized spacial score (nSPS) is 11.7. The molecule has 0 aliphatic carbocycles. The highest BCUT2D eigenvalue weighted by atomic mass is 32.2. The molecule has 39 heavy (non-hydrogen) atoms. The summed E-state index contributed by atoms with van der Waals surface area (Å²) in [5.41, 5.74) is 2.08. The Kier molecular flexibility index (Phi) is 7.33. The molecule has 2 aromatic heterocycles. The zero-order chi connectivity index (χ0) is 28.5. The third-order valence-electron chi connectivity index (χ3n) is 5.75. The number of aromatic nitrogens is 3. The number of benzene rings is 2. The van der Waals surface area contributed by atoms with E-state index in [0.29, 0.717) is 16.8 Å². The van der Waals surface area contributed by atoms with Crippen LogP contribution in [0.15, 0.2) is 66.0 Å². The second-order valence-electron chi connectivity index (χ2n) is 10.0. The molecule has 0 atom stereocenters. The molecule has 204 valence electrons. The van der Waals surface area contributed by atoms with E-state index in [0.717, 1.165) is 15.1 Å². The lowest BCUT2D eigenvalue weighted by molar-refractivity contribution is 0.0636. The topological polar surface area (TPSA) is 136 Å². The van der Waals surface area contributed by atoms with Gasteiger partial charge in [-0.3, -0.25) is 10.2 Å². The van der Waals surface area contributed by atoms with Crippen LogP contribution in [-0.4, -0.2) is 47.1 Å². The number of nitrogens with one attached hydrogen (secondary N) is 2. The maximum Gasteiger partial charge on any atom is 0.412 e. The van der Waals surface area contributed by atoms with Crippen molar-refractivity contribution in [1.82, 2.24) is 13.9 Å². The minimum absolute atomic E-state index is 0.118. The second kappa shape index (κ2) is 10.4. The number of anilines is 3. The molecule has 0 radical (unpaired) electrons. The quantitative estimate of drug-likeness (QED) is 0.344. The SMILES string of the molecule is Cc1ccc(S(=O)(=O)n2ccc3c(N(C)C(=O)Nc4cc(NC(=O)OC(C)(C)C)ccc4C)ncnc32)cc1. The molecular weight excluding hydrogens is 520 g/mol. The van der Waals surface area contributed by atoms with E-state index in [4.69, 9.17) is 4.74 Å². The number of carbonyl (C=O) groups excluding carboxylic acids is 2. The average Bonchev–Trinajstić information content (AvgIpc) is 3.30. The van der Waals surface area contributed by atoms with E-state index in [1.165, 1.54) is 36.6 Å². The zero-order valence-corrected chi connectivity index (χ0v) is 23.3. The summed E-state index contributed by atoms with van der Waals surface area (Å²) < 4.78 is 32.9. The first-order valence-corrected chi connectivity index (χ1v) is 13.5. The molecule has 11 nitrogen and oxygen atoms in total. The van der Waals surface area contributed by atoms with E-state index in [1.54, 1.807) is 57.2 Å². The summed E-state index contributed by atoms with van der Waals surface area (Å²) in [5, 5.41) is 5.84. The molecule has 0 bridgehead atoms. The molecule has 0 saturated carbocycles. The van der Waals surface area contributed by atoms with Crippen LogP contribution in [0.25, 0.3) is 11.0 Å². The van der Waals surface area contributed by atoms with Crippen LogP contribution >= 0.6 is 0 Å². The highest BCUT2D eigenvalue weighted by Gasteiger charge is 2.24. The van der Waals surface area contributed by atoms with Gasteiger partial charge in [-0.2, -0.15) is 0 Å². The summed E-state index contributed by atoms with van der Waals surface area (Å²) in [5.74, 6) is 0.219. The van der Waals surface area contributed by atoms with Gasteiger partial charge in [-0.25, -0.2) is 31.9 Å². The molecule has 0 unspecified atom stereocenters. The van der Waals surface area contributed by atoms with Gasteiger partial charge in [-0.15, -0.1) is 0 Å². The molecule has 2 aromatic carbocycles. The van der Waals surface area contributed by atoms with Crippen LogP contribution in [0.5, 0.6) is 0 Å². The van der Waals surface area contributed by atoms with Crippen molar-refractivity contribution in [2.75, 3.05) is 22.6 Å². The molecular formula is C27H30N6O5S. The average molecular weight is 551 g/mol. The summed E-state index contributed by atoms with van der Waals surface area (Å²) in [6, 6.07) is 12.6. The highest BCUT2D eigenvalue weighted by Crippen LogP contribution is 2.28. The summed E-state index contributed by atoms with van der Waals surface area (Å²) in [6.07, 6.45) is 1.98. The minimum atomic E-state index is -3.92. The molecule has 0 saturated heterocycles. The van der Waals surface area contributed by atoms with Crippen LogP contribution in [0.2, 0.25) is 0 Å². The minimum Gasteiger partial charge on any atom is -0.444 e. The van der Waals surface area contributed by atoms with Gasteiger partial charge in [0.15, 0.2) is 5.65 Å². The van der Waals surface area contributed by atoms with Gasteiger partial charge in [0.2, 0.25) is 0 Å². The van der Waals surface area contributed by atoms with Gasteiger partial charge in [-0.05, 0) is 70.5 Å². The van der Waals surface area contributed by atoms with Crippen LogP contribution in [0.1, 0.15) is 31.9 Å². The third-order valence-corrected chi connectivity index (χ3v) is 7.43. The fraction of sp³-hybridized carbons (Fsp3) is 0.259. The first-order valence-electron chi connectivity index (χ1n) is 12.1. The Bertz CT molecular complexity index is 1660. The van der Waals surface area contributed by atoms with Crippen LogP contribution in [0.3, 0.4) is 0 Å². The lowest BCUT2D eigenvalue weighted by Crippen LogP contribution is -2.32. The zero-order valence-electron chi connectivity index (χ0n) is 22.5. The van der Waals surface area contributed by atoms with Gasteiger partial charge in [0.05, 0.1) is 10.3 Å². The van der Waals surface area contributed by atoms with Gasteiger partial charge >= 0.3 is 12.1 Å². The molecule has 2 N–H and O–H groups in total. The summed E-state index contributed by atoms with van der Waals surface area (Å²) in [6.45, 7) is 8.97. The number of aryl methyl sites for hydroxylation is 2. The van der Waals surface area contributed by atoms with Crippen LogP contribution in [0, 0.1) is 13.8 Å². The van der Waals surface area contributed by atoms with Gasteiger partial charge in [0.25, 0.3) is 10.0 Å². The third kappa shape index (κ3) is 6.01. The molecule has 4 rings (SSSR count). The number of hydrogen-bond acceptors (Lipinski definition) is 7. The smallest absolute Gasteiger partial charge is 0.412 e. The van der Waals surface area contributed by atoms with E-state index in [9.17, 15) is 18.0 Å². The monoisotopic (exact) mass is 550 g/mol. The summed E-state index contributed by atoms with van der Waals surface area (Å²) in [4.78, 5) is 35.2. The van der Waals surface area contributed by atoms with Crippen molar-refractivity contribution >= 4 is 50.4 Å². The van der Waals surface area contributed by atoms with Crippen LogP contribution < -0.4 is 15.5 Å². The number of amides is 3. The van der Waals surface area contributed by atoms with Crippen molar-refractivity contribution in [3.63, 3.8) is 0 Å². The van der Waals surface area contributed by atoms with E-state index in [2.05, 4.69) is 20.6 Å². The molecule has 4 aromatic rings. The van der Waals surface area contributed by atoms with Gasteiger partial charge in [-0.1, -0.05) is 23.8 Å². The maximum atomic E-state index is 13.3. The number of urea groups is 1. The summed E-state index contributed by atoms with van der Waals surface area (Å²) in [7, 11) is -2.40. The first kappa shape index (κ1) is 27.6. The van der Waals surface area contributed by atoms with Crippen molar-refractivity contribution in [3.05, 3.63) is 72.2 Å². The Morgan fingerprint density at radius 2 is 1.67 bits per heavy atom. The van der Waals surface area contributed by atoms with Crippen molar-refractivity contribution < 1.29 is 22.7 Å². The number of hydrogen-bond donors (Lipinski definition) is 2. The van der Waals surface area contributed by atoms with Gasteiger partial charge in [0, 0.05) is 24.6 Å². The number of nitrogens with zero attached hydrogens (tertiary/aromatic N) is 4. The first-order chi connectivity index (χ1) is 18.3. The Balaban J connectivity index is 1.59. The van der Waals surface area contributed by atoms with Crippen molar-refractivity contribution in [2.45, 2.75) is 45.1 Å². The van der Waals surface area contributed by atoms with Gasteiger partial charge < -0.3 is 10.1 Å². The lowest BCUT2D eigenvalue weighted by atomic mass is 10.2. The number of ether oxygens (including phenoxy) is 1. The lowest BCUT2D eigenvalue weighted by Gasteiger charge is -2.21. The molecule has 0 aliphatic heterocycles. The van der Waals surface area contributed by atoms with Crippen molar-refractivity contribution in [2.24, 2.45) is 0 Å². The molecule has 12 heteroatoms. The highest BCUT2D eigenvalue weighted by molar-refractivity contribution is 7.90. The molecule has 0 aliphatic rings. The predicted octanol–water partition coefficient (Wildman–Crippen LogP) is 5.30.